The van der Waals surface area contributed by atoms with E-state index in [1.165, 1.54) is 0 Å². The van der Waals surface area contributed by atoms with Crippen molar-refractivity contribution in [3.8, 4) is 5.75 Å². The number of amides is 1. The zero-order valence-corrected chi connectivity index (χ0v) is 12.7. The standard InChI is InChI=1S/C16H17ClN2O2/c1-19(2)14-7-5-13(6-8-14)18-16(20)11-21-15-9-3-12(17)4-10-15/h3-10H,11H2,1-2H3,(H,18,20). The first kappa shape index (κ1) is 15.2. The molecule has 2 aromatic rings. The molecule has 4 nitrogen and oxygen atoms in total. The van der Waals surface area contributed by atoms with Gasteiger partial charge in [-0.25, -0.2) is 0 Å². The second-order valence-corrected chi connectivity index (χ2v) is 5.17. The fraction of sp³-hybridized carbons (Fsp3) is 0.188. The molecule has 2 aromatic carbocycles. The Hall–Kier alpha value is -2.20. The molecule has 0 aliphatic heterocycles. The Bertz CT molecular complexity index is 595. The summed E-state index contributed by atoms with van der Waals surface area (Å²) in [5.74, 6) is 0.403. The van der Waals surface area contributed by atoms with Crippen LogP contribution in [0.1, 0.15) is 0 Å². The van der Waals surface area contributed by atoms with Crippen LogP contribution in [0.2, 0.25) is 5.02 Å². The van der Waals surface area contributed by atoms with Crippen LogP contribution in [0.4, 0.5) is 11.4 Å². The van der Waals surface area contributed by atoms with Crippen molar-refractivity contribution in [2.75, 3.05) is 30.9 Å². The summed E-state index contributed by atoms with van der Waals surface area (Å²) < 4.78 is 5.38. The molecule has 0 aliphatic carbocycles. The topological polar surface area (TPSA) is 41.6 Å². The van der Waals surface area contributed by atoms with Crippen molar-refractivity contribution in [3.05, 3.63) is 53.6 Å². The number of carbonyl (C=O) groups is 1. The maximum Gasteiger partial charge on any atom is 0.262 e. The molecule has 0 aliphatic rings. The largest absolute Gasteiger partial charge is 0.484 e. The van der Waals surface area contributed by atoms with Crippen molar-refractivity contribution >= 4 is 28.9 Å². The predicted octanol–water partition coefficient (Wildman–Crippen LogP) is 3.42. The smallest absolute Gasteiger partial charge is 0.262 e. The molecule has 5 heteroatoms. The van der Waals surface area contributed by atoms with Crippen LogP contribution >= 0.6 is 11.6 Å². The Balaban J connectivity index is 1.85. The van der Waals surface area contributed by atoms with E-state index in [2.05, 4.69) is 5.32 Å². The van der Waals surface area contributed by atoms with Gasteiger partial charge in [0.2, 0.25) is 0 Å². The Morgan fingerprint density at radius 2 is 1.71 bits per heavy atom. The third-order valence-corrected chi connectivity index (χ3v) is 3.10. The van der Waals surface area contributed by atoms with Crippen molar-refractivity contribution < 1.29 is 9.53 Å². The van der Waals surface area contributed by atoms with Crippen LogP contribution in [0, 0.1) is 0 Å². The third-order valence-electron chi connectivity index (χ3n) is 2.85. The zero-order chi connectivity index (χ0) is 15.2. The highest BCUT2D eigenvalue weighted by molar-refractivity contribution is 6.30. The number of rotatable bonds is 5. The molecule has 0 spiro atoms. The first-order chi connectivity index (χ1) is 10.0. The predicted molar refractivity (Wildman–Crippen MR) is 86.3 cm³/mol. The average molecular weight is 305 g/mol. The quantitative estimate of drug-likeness (QED) is 0.920. The highest BCUT2D eigenvalue weighted by atomic mass is 35.5. The molecule has 110 valence electrons. The molecule has 0 aromatic heterocycles. The number of anilines is 2. The molecule has 0 bridgehead atoms. The van der Waals surface area contributed by atoms with Gasteiger partial charge in [-0.05, 0) is 48.5 Å². The van der Waals surface area contributed by atoms with E-state index in [0.717, 1.165) is 11.4 Å². The summed E-state index contributed by atoms with van der Waals surface area (Å²) in [5, 5.41) is 3.41. The number of nitrogens with zero attached hydrogens (tertiary/aromatic N) is 1. The van der Waals surface area contributed by atoms with Gasteiger partial charge in [0.25, 0.3) is 5.91 Å². The van der Waals surface area contributed by atoms with Gasteiger partial charge >= 0.3 is 0 Å². The SMILES string of the molecule is CN(C)c1ccc(NC(=O)COc2ccc(Cl)cc2)cc1. The molecule has 0 saturated carbocycles. The number of carbonyl (C=O) groups excluding carboxylic acids is 1. The van der Waals surface area contributed by atoms with Crippen molar-refractivity contribution in [1.82, 2.24) is 0 Å². The summed E-state index contributed by atoms with van der Waals surface area (Å²) in [7, 11) is 3.93. The lowest BCUT2D eigenvalue weighted by Gasteiger charge is -2.13. The first-order valence-electron chi connectivity index (χ1n) is 6.50. The minimum atomic E-state index is -0.206. The first-order valence-corrected chi connectivity index (χ1v) is 6.88. The molecular weight excluding hydrogens is 288 g/mol. The van der Waals surface area contributed by atoms with Gasteiger partial charge in [0.05, 0.1) is 0 Å². The van der Waals surface area contributed by atoms with Gasteiger partial charge in [0.1, 0.15) is 5.75 Å². The van der Waals surface area contributed by atoms with Crippen molar-refractivity contribution in [3.63, 3.8) is 0 Å². The summed E-state index contributed by atoms with van der Waals surface area (Å²) in [6.45, 7) is -0.0446. The highest BCUT2D eigenvalue weighted by Crippen LogP contribution is 2.17. The number of benzene rings is 2. The molecule has 0 saturated heterocycles. The average Bonchev–Trinajstić information content (AvgIpc) is 2.47. The van der Waals surface area contributed by atoms with E-state index in [1.807, 2.05) is 43.3 Å². The van der Waals surface area contributed by atoms with Crippen molar-refractivity contribution in [2.45, 2.75) is 0 Å². The molecule has 1 N–H and O–H groups in total. The van der Waals surface area contributed by atoms with Gasteiger partial charge in [0, 0.05) is 30.5 Å². The number of hydrogen-bond donors (Lipinski definition) is 1. The fourth-order valence-corrected chi connectivity index (χ4v) is 1.85. The molecule has 0 atom stereocenters. The number of ether oxygens (including phenoxy) is 1. The molecule has 0 unspecified atom stereocenters. The summed E-state index contributed by atoms with van der Waals surface area (Å²) in [5.41, 5.74) is 1.82. The van der Waals surface area contributed by atoms with Gasteiger partial charge in [-0.2, -0.15) is 0 Å². The second-order valence-electron chi connectivity index (χ2n) is 4.73. The minimum Gasteiger partial charge on any atom is -0.484 e. The molecule has 0 heterocycles. The van der Waals surface area contributed by atoms with Gasteiger partial charge in [-0.15, -0.1) is 0 Å². The molecular formula is C16H17ClN2O2. The lowest BCUT2D eigenvalue weighted by molar-refractivity contribution is -0.118. The van der Waals surface area contributed by atoms with Gasteiger partial charge in [-0.1, -0.05) is 11.6 Å². The van der Waals surface area contributed by atoms with Crippen LogP contribution in [-0.2, 0) is 4.79 Å². The molecule has 1 amide bonds. The molecule has 2 rings (SSSR count). The minimum absolute atomic E-state index is 0.0446. The third kappa shape index (κ3) is 4.68. The lowest BCUT2D eigenvalue weighted by atomic mass is 10.2. The summed E-state index contributed by atoms with van der Waals surface area (Å²) >= 11 is 5.78. The maximum atomic E-state index is 11.8. The van der Waals surface area contributed by atoms with Gasteiger partial charge in [-0.3, -0.25) is 4.79 Å². The van der Waals surface area contributed by atoms with Gasteiger partial charge < -0.3 is 15.0 Å². The van der Waals surface area contributed by atoms with Crippen LogP contribution in [0.5, 0.6) is 5.75 Å². The van der Waals surface area contributed by atoms with E-state index < -0.39 is 0 Å². The maximum absolute atomic E-state index is 11.8. The summed E-state index contributed by atoms with van der Waals surface area (Å²) in [6.07, 6.45) is 0. The normalized spacial score (nSPS) is 10.0. The Morgan fingerprint density at radius 1 is 1.10 bits per heavy atom. The van der Waals surface area contributed by atoms with E-state index in [9.17, 15) is 4.79 Å². The summed E-state index contributed by atoms with van der Waals surface area (Å²) in [6, 6.07) is 14.5. The Labute approximate surface area is 129 Å². The zero-order valence-electron chi connectivity index (χ0n) is 12.0. The molecule has 0 radical (unpaired) electrons. The van der Waals surface area contributed by atoms with Crippen LogP contribution < -0.4 is 15.0 Å². The van der Waals surface area contributed by atoms with E-state index in [1.54, 1.807) is 24.3 Å². The number of halogens is 1. The van der Waals surface area contributed by atoms with Crippen molar-refractivity contribution in [2.24, 2.45) is 0 Å². The number of hydrogen-bond acceptors (Lipinski definition) is 3. The highest BCUT2D eigenvalue weighted by Gasteiger charge is 2.04. The van der Waals surface area contributed by atoms with Crippen LogP contribution in [0.3, 0.4) is 0 Å². The fourth-order valence-electron chi connectivity index (χ4n) is 1.72. The lowest BCUT2D eigenvalue weighted by Crippen LogP contribution is -2.20. The van der Waals surface area contributed by atoms with E-state index in [-0.39, 0.29) is 12.5 Å². The Kier molecular flexibility index (Phi) is 5.06. The molecule has 0 fully saturated rings. The van der Waals surface area contributed by atoms with E-state index in [4.69, 9.17) is 16.3 Å². The molecule has 21 heavy (non-hydrogen) atoms. The monoisotopic (exact) mass is 304 g/mol. The van der Waals surface area contributed by atoms with Crippen LogP contribution in [0.25, 0.3) is 0 Å². The van der Waals surface area contributed by atoms with E-state index in [0.29, 0.717) is 10.8 Å². The Morgan fingerprint density at radius 3 is 2.29 bits per heavy atom. The summed E-state index contributed by atoms with van der Waals surface area (Å²) in [4.78, 5) is 13.8. The van der Waals surface area contributed by atoms with Gasteiger partial charge in [0.15, 0.2) is 6.61 Å². The second kappa shape index (κ2) is 6.99. The van der Waals surface area contributed by atoms with Crippen LogP contribution in [0.15, 0.2) is 48.5 Å². The van der Waals surface area contributed by atoms with Crippen LogP contribution in [-0.4, -0.2) is 26.6 Å². The number of nitrogens with one attached hydrogen (secondary N) is 1. The van der Waals surface area contributed by atoms with Crippen molar-refractivity contribution in [1.29, 1.82) is 0 Å². The van der Waals surface area contributed by atoms with E-state index >= 15 is 0 Å².